The predicted octanol–water partition coefficient (Wildman–Crippen LogP) is 3.85. The minimum absolute atomic E-state index is 0.748. The molecule has 6 nitrogen and oxygen atoms in total. The first-order valence-corrected chi connectivity index (χ1v) is 13.1. The van der Waals surface area contributed by atoms with Crippen LogP contribution in [0.3, 0.4) is 0 Å². The molecule has 0 aromatic carbocycles. The Balaban J connectivity index is 3.76. The van der Waals surface area contributed by atoms with Gasteiger partial charge in [0.2, 0.25) is 0 Å². The summed E-state index contributed by atoms with van der Waals surface area (Å²) in [5.41, 5.74) is 0. The van der Waals surface area contributed by atoms with Crippen molar-refractivity contribution in [2.75, 3.05) is 61.0 Å². The summed E-state index contributed by atoms with van der Waals surface area (Å²) >= 11 is -2.75. The molecule has 0 saturated heterocycles. The van der Waals surface area contributed by atoms with E-state index >= 15 is 0 Å². The Morgan fingerprint density at radius 1 is 0.400 bits per heavy atom. The van der Waals surface area contributed by atoms with Crippen molar-refractivity contribution < 1.29 is 49.3 Å². The predicted molar refractivity (Wildman–Crippen MR) is 95.0 cm³/mol. The molecule has 25 heavy (non-hydrogen) atoms. The van der Waals surface area contributed by atoms with E-state index in [1.54, 1.807) is 21.3 Å². The van der Waals surface area contributed by atoms with Gasteiger partial charge in [0.25, 0.3) is 0 Å². The molecule has 0 saturated carbocycles. The van der Waals surface area contributed by atoms with Crippen LogP contribution in [0.1, 0.15) is 57.8 Å². The number of ether oxygens (including phenoxy) is 3. The molecule has 0 aliphatic rings. The normalized spacial score (nSPS) is 11.2. The van der Waals surface area contributed by atoms with Crippen molar-refractivity contribution in [3.63, 3.8) is 0 Å². The summed E-state index contributed by atoms with van der Waals surface area (Å²) in [4.78, 5) is 0. The summed E-state index contributed by atoms with van der Waals surface area (Å²) in [6, 6.07) is 0. The van der Waals surface area contributed by atoms with Crippen LogP contribution in [0.5, 0.6) is 0 Å². The topological polar surface area (TPSA) is 55.4 Å². The van der Waals surface area contributed by atoms with Crippen LogP contribution in [0.4, 0.5) is 0 Å². The second kappa shape index (κ2) is 22.9. The number of hydrogen-bond acceptors (Lipinski definition) is 6. The van der Waals surface area contributed by atoms with E-state index in [4.69, 9.17) is 20.4 Å². The van der Waals surface area contributed by atoms with Crippen molar-refractivity contribution in [1.82, 2.24) is 0 Å². The number of unbranched alkanes of at least 4 members (excludes halogenated alkanes) is 6. The zero-order valence-electron chi connectivity index (χ0n) is 16.6. The zero-order chi connectivity index (χ0) is 18.4. The Bertz CT molecular complexity index is 208. The van der Waals surface area contributed by atoms with Crippen LogP contribution in [0, 0.1) is 0 Å². The van der Waals surface area contributed by atoms with Gasteiger partial charge in [0.05, 0.1) is 0 Å². The van der Waals surface area contributed by atoms with Crippen molar-refractivity contribution in [2.45, 2.75) is 57.8 Å². The number of hydrogen-bond donors (Lipinski definition) is 0. The molecule has 0 aliphatic carbocycles. The van der Waals surface area contributed by atoms with E-state index in [0.29, 0.717) is 0 Å². The van der Waals surface area contributed by atoms with Gasteiger partial charge in [0.15, 0.2) is 0 Å². The van der Waals surface area contributed by atoms with Crippen LogP contribution in [-0.2, 0) is 49.3 Å². The van der Waals surface area contributed by atoms with Crippen LogP contribution in [0.2, 0.25) is 0 Å². The molecular weight excluding hydrogens is 401 g/mol. The van der Waals surface area contributed by atoms with E-state index in [1.807, 2.05) is 0 Å². The molecule has 0 N–H and O–H groups in total. The van der Waals surface area contributed by atoms with Crippen molar-refractivity contribution in [3.05, 3.63) is 0 Å². The van der Waals surface area contributed by atoms with Crippen LogP contribution in [0.15, 0.2) is 0 Å². The summed E-state index contributed by atoms with van der Waals surface area (Å²) < 4.78 is 33.0. The van der Waals surface area contributed by atoms with Crippen molar-refractivity contribution >= 4 is 0 Å². The fourth-order valence-electron chi connectivity index (χ4n) is 2.26. The number of methoxy groups -OCH3 is 3. The Kier molecular flexibility index (Phi) is 23.7. The van der Waals surface area contributed by atoms with Gasteiger partial charge >= 0.3 is 168 Å². The SMILES string of the molecule is COCCCCC[O][Y]([O]CCCCCOC)[O]CCCCCOC. The average molecular weight is 440 g/mol. The summed E-state index contributed by atoms with van der Waals surface area (Å²) in [6.07, 6.45) is 9.77. The van der Waals surface area contributed by atoms with E-state index in [2.05, 4.69) is 0 Å². The van der Waals surface area contributed by atoms with E-state index in [-0.39, 0.29) is 0 Å². The molecule has 0 aliphatic heterocycles. The molecule has 7 heteroatoms. The molecule has 0 spiro atoms. The van der Waals surface area contributed by atoms with Gasteiger partial charge in [0.1, 0.15) is 0 Å². The Morgan fingerprint density at radius 2 is 0.680 bits per heavy atom. The molecule has 0 radical (unpaired) electrons. The molecule has 0 atom stereocenters. The summed E-state index contributed by atoms with van der Waals surface area (Å²) in [6.45, 7) is 4.71. The number of rotatable bonds is 21. The van der Waals surface area contributed by atoms with Gasteiger partial charge in [-0.25, -0.2) is 0 Å². The fraction of sp³-hybridized carbons (Fsp3) is 1.00. The monoisotopic (exact) mass is 440 g/mol. The van der Waals surface area contributed by atoms with Crippen molar-refractivity contribution in [1.29, 1.82) is 0 Å². The Morgan fingerprint density at radius 3 is 0.960 bits per heavy atom. The first kappa shape index (κ1) is 25.9. The summed E-state index contributed by atoms with van der Waals surface area (Å²) in [5, 5.41) is 0. The van der Waals surface area contributed by atoms with Gasteiger partial charge in [-0.2, -0.15) is 0 Å². The van der Waals surface area contributed by atoms with Gasteiger partial charge in [-0.05, 0) is 0 Å². The van der Waals surface area contributed by atoms with Crippen molar-refractivity contribution in [2.24, 2.45) is 0 Å². The molecule has 0 fully saturated rings. The third-order valence-corrected chi connectivity index (χ3v) is 7.49. The zero-order valence-corrected chi connectivity index (χ0v) is 19.5. The maximum absolute atomic E-state index is 5.95. The second-order valence-electron chi connectivity index (χ2n) is 6.06. The molecule has 0 amide bonds. The Hall–Kier alpha value is 0.864. The molecule has 0 aromatic heterocycles. The van der Waals surface area contributed by atoms with Crippen LogP contribution < -0.4 is 0 Å². The van der Waals surface area contributed by atoms with Crippen LogP contribution >= 0.6 is 0 Å². The third kappa shape index (κ3) is 21.0. The second-order valence-corrected chi connectivity index (χ2v) is 9.94. The summed E-state index contributed by atoms with van der Waals surface area (Å²) in [7, 11) is 5.22. The maximum atomic E-state index is 5.95. The minimum atomic E-state index is -2.75. The van der Waals surface area contributed by atoms with Gasteiger partial charge < -0.3 is 0 Å². The molecular formula is C18H39O6Y. The van der Waals surface area contributed by atoms with E-state index in [9.17, 15) is 0 Å². The van der Waals surface area contributed by atoms with Gasteiger partial charge in [-0.15, -0.1) is 0 Å². The van der Waals surface area contributed by atoms with Gasteiger partial charge in [-0.1, -0.05) is 0 Å². The molecule has 0 heterocycles. The molecule has 0 bridgehead atoms. The van der Waals surface area contributed by atoms with E-state index < -0.39 is 29.0 Å². The first-order chi connectivity index (χ1) is 12.3. The molecule has 0 aromatic rings. The van der Waals surface area contributed by atoms with Gasteiger partial charge in [0, 0.05) is 0 Å². The van der Waals surface area contributed by atoms with Crippen LogP contribution in [-0.4, -0.2) is 61.0 Å². The first-order valence-electron chi connectivity index (χ1n) is 9.66. The van der Waals surface area contributed by atoms with Gasteiger partial charge in [-0.3, -0.25) is 0 Å². The van der Waals surface area contributed by atoms with E-state index in [1.165, 1.54) is 0 Å². The average Bonchev–Trinajstić information content (AvgIpc) is 2.63. The quantitative estimate of drug-likeness (QED) is 0.253. The standard InChI is InChI=1S/3C6H13O2.Y/c3*1-8-6-4-2-3-5-7;/h3*2-6H2,1H3;/q3*-1;+3. The molecule has 150 valence electrons. The van der Waals surface area contributed by atoms with Crippen molar-refractivity contribution in [3.8, 4) is 0 Å². The fourth-order valence-corrected chi connectivity index (χ4v) is 5.62. The third-order valence-electron chi connectivity index (χ3n) is 3.74. The Labute approximate surface area is 167 Å². The molecule has 0 unspecified atom stereocenters. The molecule has 0 rings (SSSR count). The summed E-state index contributed by atoms with van der Waals surface area (Å²) in [5.74, 6) is 0. The van der Waals surface area contributed by atoms with Crippen LogP contribution in [0.25, 0.3) is 0 Å². The van der Waals surface area contributed by atoms with E-state index in [0.717, 1.165) is 97.4 Å².